The molecule has 12 nitrogen and oxygen atoms in total. The molecule has 0 bridgehead atoms. The number of primary amides is 1. The molecule has 0 aliphatic rings. The number of carbonyl (C=O) groups is 3. The second-order valence-electron chi connectivity index (χ2n) is 5.58. The summed E-state index contributed by atoms with van der Waals surface area (Å²) in [6.07, 6.45) is -1.11. The molecule has 0 saturated heterocycles. The van der Waals surface area contributed by atoms with Gasteiger partial charge >= 0.3 is 12.0 Å². The number of nitrogens with zero attached hydrogens (tertiary/aromatic N) is 1. The summed E-state index contributed by atoms with van der Waals surface area (Å²) >= 11 is 5.10. The summed E-state index contributed by atoms with van der Waals surface area (Å²) < 4.78 is 0. The predicted molar refractivity (Wildman–Crippen MR) is 95.8 cm³/mol. The Morgan fingerprint density at radius 1 is 1.27 bits per heavy atom. The Kier molecular flexibility index (Phi) is 10.6. The molecule has 0 aliphatic heterocycles. The number of aliphatic hydroxyl groups excluding tert-OH is 2. The van der Waals surface area contributed by atoms with Crippen molar-refractivity contribution in [1.29, 1.82) is 0 Å². The van der Waals surface area contributed by atoms with Gasteiger partial charge in [-0.1, -0.05) is 12.2 Å². The number of carbonyl (C=O) groups excluding carboxylic acids is 2. The van der Waals surface area contributed by atoms with Crippen molar-refractivity contribution in [1.82, 2.24) is 21.1 Å². The van der Waals surface area contributed by atoms with Crippen molar-refractivity contribution in [2.24, 2.45) is 11.5 Å². The van der Waals surface area contributed by atoms with Gasteiger partial charge in [0.1, 0.15) is 4.99 Å². The number of carboxylic acid groups (broad SMARTS) is 1. The van der Waals surface area contributed by atoms with Crippen LogP contribution in [0, 0.1) is 0 Å². The van der Waals surface area contributed by atoms with Gasteiger partial charge in [-0.3, -0.25) is 4.79 Å². The third-order valence-corrected chi connectivity index (χ3v) is 3.83. The van der Waals surface area contributed by atoms with Crippen molar-refractivity contribution < 1.29 is 29.7 Å². The van der Waals surface area contributed by atoms with Crippen LogP contribution in [0.5, 0.6) is 0 Å². The minimum atomic E-state index is -1.49. The molecule has 0 radical (unpaired) electrons. The van der Waals surface area contributed by atoms with Crippen LogP contribution in [-0.2, 0) is 9.59 Å². The van der Waals surface area contributed by atoms with E-state index in [0.29, 0.717) is 0 Å². The molecule has 26 heavy (non-hydrogen) atoms. The van der Waals surface area contributed by atoms with Crippen molar-refractivity contribution in [3.05, 3.63) is 0 Å². The number of hydrogen-bond donors (Lipinski definition) is 8. The fraction of sp³-hybridized carbons (Fsp3) is 0.692. The highest BCUT2D eigenvalue weighted by Gasteiger charge is 2.23. The zero-order chi connectivity index (χ0) is 20.4. The van der Waals surface area contributed by atoms with Gasteiger partial charge in [0.25, 0.3) is 0 Å². The van der Waals surface area contributed by atoms with Gasteiger partial charge < -0.3 is 42.4 Å². The van der Waals surface area contributed by atoms with Gasteiger partial charge in [0.05, 0.1) is 24.8 Å². The van der Waals surface area contributed by atoms with E-state index in [-0.39, 0.29) is 18.0 Å². The van der Waals surface area contributed by atoms with E-state index >= 15 is 0 Å². The topological polar surface area (TPSA) is 203 Å². The van der Waals surface area contributed by atoms with Crippen LogP contribution in [-0.4, -0.2) is 87.7 Å². The van der Waals surface area contributed by atoms with Crippen molar-refractivity contribution in [3.8, 4) is 0 Å². The van der Waals surface area contributed by atoms with Crippen LogP contribution in [0.4, 0.5) is 4.79 Å². The summed E-state index contributed by atoms with van der Waals surface area (Å²) in [5.74, 6) is -2.11. The number of rotatable bonds is 11. The minimum Gasteiger partial charge on any atom is -0.480 e. The lowest BCUT2D eigenvalue weighted by atomic mass is 10.2. The van der Waals surface area contributed by atoms with Gasteiger partial charge in [-0.05, 0) is 6.92 Å². The summed E-state index contributed by atoms with van der Waals surface area (Å²) in [4.78, 5) is 34.0. The summed E-state index contributed by atoms with van der Waals surface area (Å²) in [5, 5.41) is 32.9. The maximum Gasteiger partial charge on any atom is 0.328 e. The molecule has 0 spiro atoms. The molecule has 0 heterocycles. The highest BCUT2D eigenvalue weighted by molar-refractivity contribution is 7.80. The first-order valence-corrected chi connectivity index (χ1v) is 8.04. The number of thiocarbonyl (C=S) groups is 1. The SMILES string of the molecule is CC(O)C(N)C(=S)N(C)NCC(CC(N)=O)NC(=O)NC(CO)C(=O)O. The van der Waals surface area contributed by atoms with E-state index in [4.69, 9.17) is 33.9 Å². The minimum absolute atomic E-state index is 0.0103. The first-order valence-electron chi connectivity index (χ1n) is 7.63. The van der Waals surface area contributed by atoms with E-state index < -0.39 is 48.7 Å². The summed E-state index contributed by atoms with van der Waals surface area (Å²) in [6, 6.07) is -3.98. The summed E-state index contributed by atoms with van der Waals surface area (Å²) in [7, 11) is 1.54. The van der Waals surface area contributed by atoms with Gasteiger partial charge in [-0.25, -0.2) is 15.0 Å². The third kappa shape index (κ3) is 8.87. The van der Waals surface area contributed by atoms with Crippen molar-refractivity contribution >= 4 is 35.1 Å². The number of aliphatic hydroxyl groups is 2. The molecule has 0 fully saturated rings. The Labute approximate surface area is 155 Å². The van der Waals surface area contributed by atoms with Crippen LogP contribution in [0.25, 0.3) is 0 Å². The van der Waals surface area contributed by atoms with Crippen molar-refractivity contribution in [2.75, 3.05) is 20.2 Å². The number of likely N-dealkylation sites (N-methyl/N-ethyl adjacent to an activating group) is 1. The van der Waals surface area contributed by atoms with Gasteiger partial charge in [-0.15, -0.1) is 0 Å². The monoisotopic (exact) mass is 394 g/mol. The number of urea groups is 1. The average molecular weight is 394 g/mol. The van der Waals surface area contributed by atoms with Crippen molar-refractivity contribution in [3.63, 3.8) is 0 Å². The van der Waals surface area contributed by atoms with Crippen LogP contribution in [0.1, 0.15) is 13.3 Å². The average Bonchev–Trinajstić information content (AvgIpc) is 2.54. The molecular formula is C13H26N6O6S. The molecule has 0 aromatic heterocycles. The second kappa shape index (κ2) is 11.5. The number of hydrogen-bond acceptors (Lipinski definition) is 8. The van der Waals surface area contributed by atoms with Gasteiger partial charge in [-0.2, -0.15) is 0 Å². The number of aliphatic carboxylic acids is 1. The Balaban J connectivity index is 4.75. The second-order valence-corrected chi connectivity index (χ2v) is 6.00. The first kappa shape index (κ1) is 23.9. The lowest BCUT2D eigenvalue weighted by Gasteiger charge is -2.28. The summed E-state index contributed by atoms with van der Waals surface area (Å²) in [5.41, 5.74) is 13.7. The van der Waals surface area contributed by atoms with E-state index in [0.717, 1.165) is 0 Å². The molecule has 4 atom stereocenters. The van der Waals surface area contributed by atoms with Crippen LogP contribution in [0.15, 0.2) is 0 Å². The zero-order valence-electron chi connectivity index (χ0n) is 14.5. The molecule has 10 N–H and O–H groups in total. The quantitative estimate of drug-likeness (QED) is 0.128. The predicted octanol–water partition coefficient (Wildman–Crippen LogP) is -3.55. The van der Waals surface area contributed by atoms with Crippen molar-refractivity contribution in [2.45, 2.75) is 37.6 Å². The fourth-order valence-corrected chi connectivity index (χ4v) is 2.00. The van der Waals surface area contributed by atoms with E-state index in [1.807, 2.05) is 5.32 Å². The number of hydrazine groups is 1. The van der Waals surface area contributed by atoms with E-state index in [1.165, 1.54) is 19.0 Å². The van der Waals surface area contributed by atoms with E-state index in [1.54, 1.807) is 0 Å². The van der Waals surface area contributed by atoms with Crippen LogP contribution >= 0.6 is 12.2 Å². The first-order chi connectivity index (χ1) is 12.0. The van der Waals surface area contributed by atoms with Gasteiger partial charge in [0, 0.05) is 20.0 Å². The number of nitrogens with one attached hydrogen (secondary N) is 3. The standard InChI is InChI=1S/C13H26N6O6S/c1-6(21)10(15)11(26)19(2)16-4-7(3-9(14)22)17-13(25)18-8(5-20)12(23)24/h6-8,10,16,20-21H,3-5,15H2,1-2H3,(H2,14,22)(H,23,24)(H2,17,18,25). The highest BCUT2D eigenvalue weighted by Crippen LogP contribution is 1.98. The molecule has 0 rings (SSSR count). The normalized spacial score (nSPS) is 15.3. The maximum absolute atomic E-state index is 11.8. The summed E-state index contributed by atoms with van der Waals surface area (Å²) in [6.45, 7) is 0.693. The molecule has 0 aromatic carbocycles. The van der Waals surface area contributed by atoms with Crippen LogP contribution in [0.3, 0.4) is 0 Å². The number of amides is 3. The zero-order valence-corrected chi connectivity index (χ0v) is 15.3. The molecule has 13 heteroatoms. The maximum atomic E-state index is 11.8. The Morgan fingerprint density at radius 2 is 1.85 bits per heavy atom. The molecular weight excluding hydrogens is 368 g/mol. The van der Waals surface area contributed by atoms with Crippen LogP contribution < -0.4 is 27.5 Å². The molecule has 3 amide bonds. The Hall–Kier alpha value is -2.06. The molecule has 0 aromatic rings. The van der Waals surface area contributed by atoms with Crippen LogP contribution in [0.2, 0.25) is 0 Å². The fourth-order valence-electron chi connectivity index (χ4n) is 1.74. The largest absolute Gasteiger partial charge is 0.480 e. The van der Waals surface area contributed by atoms with E-state index in [2.05, 4.69) is 10.7 Å². The number of nitrogens with two attached hydrogens (primary N) is 2. The Bertz CT molecular complexity index is 519. The van der Waals surface area contributed by atoms with E-state index in [9.17, 15) is 19.5 Å². The highest BCUT2D eigenvalue weighted by atomic mass is 32.1. The van der Waals surface area contributed by atoms with Gasteiger partial charge in [0.15, 0.2) is 6.04 Å². The van der Waals surface area contributed by atoms with Gasteiger partial charge in [0.2, 0.25) is 5.91 Å². The molecule has 0 saturated carbocycles. The molecule has 150 valence electrons. The lowest BCUT2D eigenvalue weighted by Crippen LogP contribution is -2.56. The number of carboxylic acids is 1. The lowest BCUT2D eigenvalue weighted by molar-refractivity contribution is -0.140. The molecule has 0 aliphatic carbocycles. The Morgan fingerprint density at radius 3 is 2.27 bits per heavy atom. The smallest absolute Gasteiger partial charge is 0.328 e. The third-order valence-electron chi connectivity index (χ3n) is 3.28. The molecule has 4 unspecified atom stereocenters.